The van der Waals surface area contributed by atoms with Gasteiger partial charge in [-0.05, 0) is 50.5 Å². The van der Waals surface area contributed by atoms with Crippen LogP contribution in [0.25, 0.3) is 0 Å². The summed E-state index contributed by atoms with van der Waals surface area (Å²) in [5.41, 5.74) is 3.96. The zero-order valence-electron chi connectivity index (χ0n) is 13.0. The first-order valence-electron chi connectivity index (χ1n) is 7.27. The van der Waals surface area contributed by atoms with Crippen molar-refractivity contribution in [1.82, 2.24) is 10.2 Å². The third kappa shape index (κ3) is 2.56. The molecule has 22 heavy (non-hydrogen) atoms. The zero-order chi connectivity index (χ0) is 15.9. The average molecular weight is 320 g/mol. The van der Waals surface area contributed by atoms with Gasteiger partial charge in [0.05, 0.1) is 11.4 Å². The highest BCUT2D eigenvalue weighted by Crippen LogP contribution is 2.30. The Balaban J connectivity index is 1.93. The number of anilines is 2. The molecule has 118 valence electrons. The molecular formula is C15H20N4O2S. The van der Waals surface area contributed by atoms with E-state index in [0.717, 1.165) is 19.4 Å². The maximum Gasteiger partial charge on any atom is 0.265 e. The Morgan fingerprint density at radius 2 is 2.09 bits per heavy atom. The molecule has 0 radical (unpaired) electrons. The van der Waals surface area contributed by atoms with Crippen molar-refractivity contribution < 1.29 is 8.42 Å². The fraction of sp³-hybridized carbons (Fsp3) is 0.400. The molecule has 1 aromatic heterocycles. The molecule has 2 aromatic rings. The van der Waals surface area contributed by atoms with E-state index in [1.54, 1.807) is 13.8 Å². The van der Waals surface area contributed by atoms with Crippen molar-refractivity contribution in [1.29, 1.82) is 0 Å². The van der Waals surface area contributed by atoms with Crippen molar-refractivity contribution in [2.24, 2.45) is 0 Å². The molecule has 0 atom stereocenters. The van der Waals surface area contributed by atoms with E-state index in [1.807, 2.05) is 18.2 Å². The van der Waals surface area contributed by atoms with Crippen molar-refractivity contribution in [2.75, 3.05) is 23.2 Å². The Hall–Kier alpha value is -2.02. The predicted octanol–water partition coefficient (Wildman–Crippen LogP) is 2.21. The van der Waals surface area contributed by atoms with Gasteiger partial charge in [-0.25, -0.2) is 8.42 Å². The normalized spacial score (nSPS) is 14.8. The minimum absolute atomic E-state index is 0.224. The number of hydrogen-bond donors (Lipinski definition) is 2. The second-order valence-electron chi connectivity index (χ2n) is 5.74. The fourth-order valence-electron chi connectivity index (χ4n) is 2.99. The largest absolute Gasteiger partial charge is 0.374 e. The highest BCUT2D eigenvalue weighted by atomic mass is 32.2. The van der Waals surface area contributed by atoms with Gasteiger partial charge in [0.25, 0.3) is 10.0 Å². The highest BCUT2D eigenvalue weighted by Gasteiger charge is 2.23. The minimum atomic E-state index is -3.63. The van der Waals surface area contributed by atoms with E-state index in [0.29, 0.717) is 17.1 Å². The summed E-state index contributed by atoms with van der Waals surface area (Å²) in [6.45, 7) is 4.42. The van der Waals surface area contributed by atoms with Crippen LogP contribution in [0.3, 0.4) is 0 Å². The SMILES string of the molecule is Cc1n[nH]c(C)c1S(=O)(=O)Nc1ccc2c(c1)CCCN2C. The lowest BCUT2D eigenvalue weighted by molar-refractivity contribution is 0.600. The zero-order valence-corrected chi connectivity index (χ0v) is 13.8. The summed E-state index contributed by atoms with van der Waals surface area (Å²) in [5.74, 6) is 0. The molecule has 3 rings (SSSR count). The first-order valence-corrected chi connectivity index (χ1v) is 8.75. The summed E-state index contributed by atoms with van der Waals surface area (Å²) in [6.07, 6.45) is 2.05. The molecule has 1 aliphatic heterocycles. The average Bonchev–Trinajstić information content (AvgIpc) is 2.78. The summed E-state index contributed by atoms with van der Waals surface area (Å²) in [6, 6.07) is 5.71. The molecule has 1 aromatic carbocycles. The maximum absolute atomic E-state index is 12.6. The van der Waals surface area contributed by atoms with E-state index < -0.39 is 10.0 Å². The van der Waals surface area contributed by atoms with Crippen LogP contribution in [0.4, 0.5) is 11.4 Å². The second-order valence-corrected chi connectivity index (χ2v) is 7.36. The molecule has 7 heteroatoms. The summed E-state index contributed by atoms with van der Waals surface area (Å²) in [4.78, 5) is 2.42. The van der Waals surface area contributed by atoms with Crippen molar-refractivity contribution in [2.45, 2.75) is 31.6 Å². The summed E-state index contributed by atoms with van der Waals surface area (Å²) < 4.78 is 27.8. The van der Waals surface area contributed by atoms with Crippen molar-refractivity contribution in [3.05, 3.63) is 35.2 Å². The number of nitrogens with one attached hydrogen (secondary N) is 2. The molecule has 0 aliphatic carbocycles. The van der Waals surface area contributed by atoms with E-state index in [-0.39, 0.29) is 4.90 Å². The number of fused-ring (bicyclic) bond motifs is 1. The number of aryl methyl sites for hydroxylation is 3. The highest BCUT2D eigenvalue weighted by molar-refractivity contribution is 7.92. The Kier molecular flexibility index (Phi) is 3.60. The number of rotatable bonds is 3. The molecule has 0 spiro atoms. The lowest BCUT2D eigenvalue weighted by atomic mass is 10.0. The summed E-state index contributed by atoms with van der Waals surface area (Å²) in [7, 11) is -1.57. The van der Waals surface area contributed by atoms with Gasteiger partial charge in [0.1, 0.15) is 4.90 Å². The van der Waals surface area contributed by atoms with E-state index in [2.05, 4.69) is 26.9 Å². The van der Waals surface area contributed by atoms with Crippen LogP contribution in [0.15, 0.2) is 23.1 Å². The van der Waals surface area contributed by atoms with Gasteiger partial charge in [0, 0.05) is 25.0 Å². The van der Waals surface area contributed by atoms with Gasteiger partial charge in [-0.1, -0.05) is 0 Å². The van der Waals surface area contributed by atoms with Crippen molar-refractivity contribution in [3.63, 3.8) is 0 Å². The fourth-order valence-corrected chi connectivity index (χ4v) is 4.41. The van der Waals surface area contributed by atoms with Crippen LogP contribution >= 0.6 is 0 Å². The van der Waals surface area contributed by atoms with Gasteiger partial charge in [-0.15, -0.1) is 0 Å². The van der Waals surface area contributed by atoms with Crippen LogP contribution in [0.5, 0.6) is 0 Å². The number of aromatic amines is 1. The van der Waals surface area contributed by atoms with E-state index >= 15 is 0 Å². The molecule has 1 aliphatic rings. The van der Waals surface area contributed by atoms with Crippen LogP contribution in [-0.4, -0.2) is 32.2 Å². The Morgan fingerprint density at radius 3 is 2.77 bits per heavy atom. The van der Waals surface area contributed by atoms with E-state index in [4.69, 9.17) is 0 Å². The molecule has 2 heterocycles. The third-order valence-corrected chi connectivity index (χ3v) is 5.66. The molecule has 0 unspecified atom stereocenters. The van der Waals surface area contributed by atoms with Crippen molar-refractivity contribution >= 4 is 21.4 Å². The van der Waals surface area contributed by atoms with E-state index in [9.17, 15) is 8.42 Å². The van der Waals surface area contributed by atoms with Gasteiger partial charge in [-0.3, -0.25) is 9.82 Å². The predicted molar refractivity (Wildman–Crippen MR) is 86.9 cm³/mol. The Labute approximate surface area is 130 Å². The van der Waals surface area contributed by atoms with Gasteiger partial charge in [0.2, 0.25) is 0 Å². The third-order valence-electron chi connectivity index (χ3n) is 4.01. The first-order chi connectivity index (χ1) is 10.4. The number of benzene rings is 1. The number of nitrogens with zero attached hydrogens (tertiary/aromatic N) is 2. The molecule has 0 fully saturated rings. The molecule has 0 saturated heterocycles. The molecule has 0 amide bonds. The lowest BCUT2D eigenvalue weighted by Crippen LogP contribution is -2.24. The second kappa shape index (κ2) is 5.31. The number of H-pyrrole nitrogens is 1. The molecule has 0 saturated carbocycles. The summed E-state index contributed by atoms with van der Waals surface area (Å²) in [5, 5.41) is 6.66. The Bertz CT molecular complexity index is 791. The van der Waals surface area contributed by atoms with E-state index in [1.165, 1.54) is 11.3 Å². The topological polar surface area (TPSA) is 78.1 Å². The number of aromatic nitrogens is 2. The van der Waals surface area contributed by atoms with Gasteiger partial charge in [0.15, 0.2) is 0 Å². The lowest BCUT2D eigenvalue weighted by Gasteiger charge is -2.27. The summed E-state index contributed by atoms with van der Waals surface area (Å²) >= 11 is 0. The molecule has 2 N–H and O–H groups in total. The van der Waals surface area contributed by atoms with Crippen LogP contribution in [0.2, 0.25) is 0 Å². The van der Waals surface area contributed by atoms with Crippen LogP contribution in [-0.2, 0) is 16.4 Å². The van der Waals surface area contributed by atoms with Crippen LogP contribution < -0.4 is 9.62 Å². The quantitative estimate of drug-likeness (QED) is 0.909. The van der Waals surface area contributed by atoms with Gasteiger partial charge in [-0.2, -0.15) is 5.10 Å². The van der Waals surface area contributed by atoms with Crippen molar-refractivity contribution in [3.8, 4) is 0 Å². The monoisotopic (exact) mass is 320 g/mol. The van der Waals surface area contributed by atoms with Crippen LogP contribution in [0, 0.1) is 13.8 Å². The maximum atomic E-state index is 12.6. The minimum Gasteiger partial charge on any atom is -0.374 e. The number of hydrogen-bond acceptors (Lipinski definition) is 4. The standard InChI is InChI=1S/C15H20N4O2S/c1-10-15(11(2)17-16-10)22(20,21)18-13-6-7-14-12(9-13)5-4-8-19(14)3/h6-7,9,18H,4-5,8H2,1-3H3,(H,16,17). The van der Waals surface area contributed by atoms with Gasteiger partial charge >= 0.3 is 0 Å². The number of sulfonamides is 1. The van der Waals surface area contributed by atoms with Crippen LogP contribution in [0.1, 0.15) is 23.4 Å². The Morgan fingerprint density at radius 1 is 1.32 bits per heavy atom. The first kappa shape index (κ1) is 14.9. The smallest absolute Gasteiger partial charge is 0.265 e. The molecular weight excluding hydrogens is 300 g/mol. The van der Waals surface area contributed by atoms with Gasteiger partial charge < -0.3 is 4.90 Å². The molecule has 0 bridgehead atoms. The molecule has 6 nitrogen and oxygen atoms in total.